The van der Waals surface area contributed by atoms with Crippen LogP contribution in [0.3, 0.4) is 0 Å². The molecule has 0 saturated carbocycles. The zero-order chi connectivity index (χ0) is 12.7. The summed E-state index contributed by atoms with van der Waals surface area (Å²) in [6.07, 6.45) is 0. The van der Waals surface area contributed by atoms with Gasteiger partial charge >= 0.3 is 0 Å². The molecule has 1 unspecified atom stereocenters. The second kappa shape index (κ2) is 4.59. The predicted molar refractivity (Wildman–Crippen MR) is 76.6 cm³/mol. The van der Waals surface area contributed by atoms with E-state index in [2.05, 4.69) is 0 Å². The Kier molecular flexibility index (Phi) is 3.08. The molecule has 0 aliphatic carbocycles. The first-order valence-corrected chi connectivity index (χ1v) is 6.90. The van der Waals surface area contributed by atoms with Gasteiger partial charge in [0, 0.05) is 15.3 Å². The van der Waals surface area contributed by atoms with E-state index >= 15 is 0 Å². The first kappa shape index (κ1) is 12.1. The molecule has 1 aromatic carbocycles. The van der Waals surface area contributed by atoms with Gasteiger partial charge in [0.25, 0.3) is 0 Å². The van der Waals surface area contributed by atoms with Crippen molar-refractivity contribution in [3.63, 3.8) is 0 Å². The molecule has 92 valence electrons. The standard InChI is InChI=1S/C13H9Cl2NOS/c14-8-1-2-9-7(5-8)6-10(17-9)13(16)11-3-4-12(15)18-11/h1-6,13H,16H2. The van der Waals surface area contributed by atoms with E-state index in [1.54, 1.807) is 6.07 Å². The van der Waals surface area contributed by atoms with Crippen LogP contribution in [0.5, 0.6) is 0 Å². The van der Waals surface area contributed by atoms with E-state index in [1.807, 2.05) is 30.3 Å². The molecule has 0 aliphatic rings. The van der Waals surface area contributed by atoms with Gasteiger partial charge in [0.1, 0.15) is 11.3 Å². The summed E-state index contributed by atoms with van der Waals surface area (Å²) >= 11 is 13.3. The molecule has 0 fully saturated rings. The van der Waals surface area contributed by atoms with Crippen molar-refractivity contribution in [3.8, 4) is 0 Å². The third-order valence-electron chi connectivity index (χ3n) is 2.70. The van der Waals surface area contributed by atoms with Crippen molar-refractivity contribution < 1.29 is 4.42 Å². The molecule has 0 aliphatic heterocycles. The van der Waals surface area contributed by atoms with Gasteiger partial charge in [0.2, 0.25) is 0 Å². The monoisotopic (exact) mass is 297 g/mol. The van der Waals surface area contributed by atoms with Gasteiger partial charge in [-0.3, -0.25) is 0 Å². The zero-order valence-electron chi connectivity index (χ0n) is 9.19. The van der Waals surface area contributed by atoms with Crippen LogP contribution in [0.1, 0.15) is 16.7 Å². The lowest BCUT2D eigenvalue weighted by molar-refractivity contribution is 0.528. The van der Waals surface area contributed by atoms with Gasteiger partial charge in [-0.05, 0) is 36.4 Å². The third-order valence-corrected chi connectivity index (χ3v) is 4.25. The maximum absolute atomic E-state index is 6.16. The topological polar surface area (TPSA) is 39.2 Å². The average Bonchev–Trinajstić information content (AvgIpc) is 2.93. The molecule has 2 nitrogen and oxygen atoms in total. The number of furan rings is 1. The van der Waals surface area contributed by atoms with E-state index in [1.165, 1.54) is 11.3 Å². The summed E-state index contributed by atoms with van der Waals surface area (Å²) in [6.45, 7) is 0. The Morgan fingerprint density at radius 3 is 2.67 bits per heavy atom. The number of halogens is 2. The molecule has 5 heteroatoms. The Morgan fingerprint density at radius 2 is 1.94 bits per heavy atom. The minimum Gasteiger partial charge on any atom is -0.459 e. The lowest BCUT2D eigenvalue weighted by atomic mass is 10.2. The Balaban J connectivity index is 2.03. The van der Waals surface area contributed by atoms with Gasteiger partial charge in [0.05, 0.1) is 10.4 Å². The molecule has 3 aromatic rings. The van der Waals surface area contributed by atoms with Crippen LogP contribution in [0, 0.1) is 0 Å². The SMILES string of the molecule is NC(c1cc2cc(Cl)ccc2o1)c1ccc(Cl)s1. The van der Waals surface area contributed by atoms with Gasteiger partial charge < -0.3 is 10.2 Å². The van der Waals surface area contributed by atoms with E-state index in [0.717, 1.165) is 20.2 Å². The summed E-state index contributed by atoms with van der Waals surface area (Å²) in [5.74, 6) is 0.714. The average molecular weight is 298 g/mol. The highest BCUT2D eigenvalue weighted by atomic mass is 35.5. The van der Waals surface area contributed by atoms with Crippen molar-refractivity contribution in [3.05, 3.63) is 56.4 Å². The van der Waals surface area contributed by atoms with E-state index in [4.69, 9.17) is 33.4 Å². The fraction of sp³-hybridized carbons (Fsp3) is 0.0769. The van der Waals surface area contributed by atoms with E-state index in [-0.39, 0.29) is 6.04 Å². The zero-order valence-corrected chi connectivity index (χ0v) is 11.5. The molecule has 3 rings (SSSR count). The van der Waals surface area contributed by atoms with Crippen molar-refractivity contribution in [2.45, 2.75) is 6.04 Å². The highest BCUT2D eigenvalue weighted by Crippen LogP contribution is 2.32. The summed E-state index contributed by atoms with van der Waals surface area (Å²) in [7, 11) is 0. The van der Waals surface area contributed by atoms with Crippen molar-refractivity contribution in [1.29, 1.82) is 0 Å². The van der Waals surface area contributed by atoms with Crippen LogP contribution >= 0.6 is 34.5 Å². The van der Waals surface area contributed by atoms with Gasteiger partial charge in [-0.2, -0.15) is 0 Å². The smallest absolute Gasteiger partial charge is 0.134 e. The molecule has 0 saturated heterocycles. The van der Waals surface area contributed by atoms with Crippen LogP contribution in [0.4, 0.5) is 0 Å². The number of hydrogen-bond acceptors (Lipinski definition) is 3. The van der Waals surface area contributed by atoms with Crippen molar-refractivity contribution in [2.24, 2.45) is 5.73 Å². The number of benzene rings is 1. The maximum Gasteiger partial charge on any atom is 0.134 e. The molecule has 2 N–H and O–H groups in total. The van der Waals surface area contributed by atoms with Crippen LogP contribution in [0.25, 0.3) is 11.0 Å². The first-order chi connectivity index (χ1) is 8.63. The first-order valence-electron chi connectivity index (χ1n) is 5.33. The number of hydrogen-bond donors (Lipinski definition) is 1. The number of nitrogens with two attached hydrogens (primary N) is 1. The lowest BCUT2D eigenvalue weighted by Gasteiger charge is -2.04. The summed E-state index contributed by atoms with van der Waals surface area (Å²) < 4.78 is 6.45. The number of fused-ring (bicyclic) bond motifs is 1. The van der Waals surface area contributed by atoms with Gasteiger partial charge in [-0.1, -0.05) is 23.2 Å². The molecule has 1 atom stereocenters. The second-order valence-electron chi connectivity index (χ2n) is 3.95. The molecule has 0 radical (unpaired) electrons. The lowest BCUT2D eigenvalue weighted by Crippen LogP contribution is -2.08. The minimum atomic E-state index is -0.298. The van der Waals surface area contributed by atoms with E-state index < -0.39 is 0 Å². The summed E-state index contributed by atoms with van der Waals surface area (Å²) in [4.78, 5) is 0.977. The van der Waals surface area contributed by atoms with Crippen LogP contribution in [0.2, 0.25) is 9.36 Å². The summed E-state index contributed by atoms with van der Waals surface area (Å²) in [5.41, 5.74) is 6.94. The molecular weight excluding hydrogens is 289 g/mol. The van der Waals surface area contributed by atoms with Gasteiger partial charge in [0.15, 0.2) is 0 Å². The highest BCUT2D eigenvalue weighted by Gasteiger charge is 2.16. The summed E-state index contributed by atoms with van der Waals surface area (Å²) in [5, 5.41) is 1.64. The minimum absolute atomic E-state index is 0.298. The van der Waals surface area contributed by atoms with Gasteiger partial charge in [-0.25, -0.2) is 0 Å². The number of thiophene rings is 1. The maximum atomic E-state index is 6.16. The Hall–Kier alpha value is -1.000. The number of rotatable bonds is 2. The van der Waals surface area contributed by atoms with Crippen LogP contribution < -0.4 is 5.73 Å². The molecule has 0 amide bonds. The molecular formula is C13H9Cl2NOS. The fourth-order valence-electron chi connectivity index (χ4n) is 1.82. The predicted octanol–water partition coefficient (Wildman–Crippen LogP) is 4.85. The molecule has 0 bridgehead atoms. The van der Waals surface area contributed by atoms with Crippen molar-refractivity contribution in [1.82, 2.24) is 0 Å². The highest BCUT2D eigenvalue weighted by molar-refractivity contribution is 7.16. The second-order valence-corrected chi connectivity index (χ2v) is 6.13. The van der Waals surface area contributed by atoms with Crippen molar-refractivity contribution >= 4 is 45.5 Å². The normalized spacial score (nSPS) is 13.1. The Morgan fingerprint density at radius 1 is 1.11 bits per heavy atom. The Labute approximate surface area is 118 Å². The largest absolute Gasteiger partial charge is 0.459 e. The van der Waals surface area contributed by atoms with Crippen molar-refractivity contribution in [2.75, 3.05) is 0 Å². The molecule has 0 spiro atoms. The van der Waals surface area contributed by atoms with Crippen LogP contribution in [-0.4, -0.2) is 0 Å². The summed E-state index contributed by atoms with van der Waals surface area (Å²) in [6, 6.07) is 10.9. The van der Waals surface area contributed by atoms with E-state index in [9.17, 15) is 0 Å². The van der Waals surface area contributed by atoms with E-state index in [0.29, 0.717) is 10.8 Å². The quantitative estimate of drug-likeness (QED) is 0.734. The van der Waals surface area contributed by atoms with Crippen LogP contribution in [0.15, 0.2) is 40.8 Å². The molecule has 2 aromatic heterocycles. The molecule has 18 heavy (non-hydrogen) atoms. The Bertz CT molecular complexity index is 704. The fourth-order valence-corrected chi connectivity index (χ4v) is 3.07. The van der Waals surface area contributed by atoms with Gasteiger partial charge in [-0.15, -0.1) is 11.3 Å². The molecule has 2 heterocycles. The van der Waals surface area contributed by atoms with Crippen LogP contribution in [-0.2, 0) is 0 Å². The third kappa shape index (κ3) is 2.15.